The van der Waals surface area contributed by atoms with Gasteiger partial charge < -0.3 is 24.2 Å². The minimum absolute atomic E-state index is 0.00131. The number of ether oxygens (including phenoxy) is 2. The van der Waals surface area contributed by atoms with Crippen molar-refractivity contribution in [2.24, 2.45) is 5.92 Å². The molecular weight excluding hydrogens is 496 g/mol. The van der Waals surface area contributed by atoms with E-state index in [0.717, 1.165) is 17.0 Å². The van der Waals surface area contributed by atoms with Crippen molar-refractivity contribution in [3.8, 4) is 17.1 Å². The molecular formula is C30H38N4O5. The molecule has 0 unspecified atom stereocenters. The second-order valence-electron chi connectivity index (χ2n) is 10.2. The molecule has 2 heterocycles. The largest absolute Gasteiger partial charge is 0.491 e. The van der Waals surface area contributed by atoms with Gasteiger partial charge in [-0.05, 0) is 31.0 Å². The van der Waals surface area contributed by atoms with Crippen LogP contribution in [0.3, 0.4) is 0 Å². The van der Waals surface area contributed by atoms with Gasteiger partial charge in [-0.25, -0.2) is 0 Å². The summed E-state index contributed by atoms with van der Waals surface area (Å²) in [6.07, 6.45) is 0.165. The Kier molecular flexibility index (Phi) is 9.37. The number of carbonyl (C=O) groups is 2. The van der Waals surface area contributed by atoms with Gasteiger partial charge in [-0.3, -0.25) is 14.5 Å². The molecule has 4 rings (SSSR count). The highest BCUT2D eigenvalue weighted by Gasteiger charge is 2.29. The summed E-state index contributed by atoms with van der Waals surface area (Å²) >= 11 is 0. The standard InChI is InChI=1S/C30H38N4O5/c1-6-29(35)31-23-12-13-26-25(14-23)30(36)33(4)18-28(37-5)20(2)16-34(21(3)19-38-26)17-24-15-27(39-32-24)22-10-8-7-9-11-22/h7-15,20-21,28H,6,16-19H2,1-5H3,(H,31,35)/t20-,21-,28-/m1/s1. The van der Waals surface area contributed by atoms with Crippen LogP contribution in [-0.4, -0.2) is 72.8 Å². The lowest BCUT2D eigenvalue weighted by Crippen LogP contribution is -2.46. The van der Waals surface area contributed by atoms with Gasteiger partial charge in [0.1, 0.15) is 12.4 Å². The van der Waals surface area contributed by atoms with Crippen LogP contribution in [0.5, 0.6) is 5.75 Å². The van der Waals surface area contributed by atoms with E-state index in [-0.39, 0.29) is 29.9 Å². The van der Waals surface area contributed by atoms with Crippen molar-refractivity contribution in [1.82, 2.24) is 15.0 Å². The summed E-state index contributed by atoms with van der Waals surface area (Å²) in [5, 5.41) is 7.17. The average molecular weight is 535 g/mol. The third-order valence-corrected chi connectivity index (χ3v) is 7.16. The van der Waals surface area contributed by atoms with Crippen molar-refractivity contribution in [2.75, 3.05) is 39.2 Å². The Morgan fingerprint density at radius 3 is 2.62 bits per heavy atom. The molecule has 1 aliphatic heterocycles. The van der Waals surface area contributed by atoms with Crippen LogP contribution in [0.2, 0.25) is 0 Å². The number of methoxy groups -OCH3 is 1. The number of fused-ring (bicyclic) bond motifs is 1. The zero-order valence-corrected chi connectivity index (χ0v) is 23.3. The number of anilines is 1. The number of hydrogen-bond acceptors (Lipinski definition) is 7. The Morgan fingerprint density at radius 1 is 1.13 bits per heavy atom. The number of aromatic nitrogens is 1. The van der Waals surface area contributed by atoms with Gasteiger partial charge >= 0.3 is 0 Å². The number of amides is 2. The molecule has 0 saturated heterocycles. The van der Waals surface area contributed by atoms with Crippen molar-refractivity contribution in [2.45, 2.75) is 45.9 Å². The fourth-order valence-corrected chi connectivity index (χ4v) is 4.73. The van der Waals surface area contributed by atoms with E-state index >= 15 is 0 Å². The second-order valence-corrected chi connectivity index (χ2v) is 10.2. The number of rotatable bonds is 6. The second kappa shape index (κ2) is 12.9. The first kappa shape index (κ1) is 28.3. The predicted octanol–water partition coefficient (Wildman–Crippen LogP) is 4.70. The maximum absolute atomic E-state index is 13.5. The number of carbonyl (C=O) groups excluding carboxylic acids is 2. The summed E-state index contributed by atoms with van der Waals surface area (Å²) in [5.74, 6) is 1.01. The monoisotopic (exact) mass is 534 g/mol. The first-order chi connectivity index (χ1) is 18.8. The maximum Gasteiger partial charge on any atom is 0.257 e. The zero-order chi connectivity index (χ0) is 27.9. The van der Waals surface area contributed by atoms with Crippen LogP contribution in [0.15, 0.2) is 59.1 Å². The number of nitrogens with one attached hydrogen (secondary N) is 1. The molecule has 0 spiro atoms. The summed E-state index contributed by atoms with van der Waals surface area (Å²) in [4.78, 5) is 29.4. The summed E-state index contributed by atoms with van der Waals surface area (Å²) in [5.41, 5.74) is 2.77. The first-order valence-electron chi connectivity index (χ1n) is 13.4. The van der Waals surface area contributed by atoms with Crippen molar-refractivity contribution < 1.29 is 23.6 Å². The van der Waals surface area contributed by atoms with E-state index in [1.807, 2.05) is 36.4 Å². The number of likely N-dealkylation sites (N-methyl/N-ethyl adjacent to an activating group) is 1. The molecule has 0 fully saturated rings. The highest BCUT2D eigenvalue weighted by atomic mass is 16.5. The van der Waals surface area contributed by atoms with E-state index in [1.165, 1.54) is 0 Å². The summed E-state index contributed by atoms with van der Waals surface area (Å²) in [6, 6.07) is 17.1. The van der Waals surface area contributed by atoms with E-state index < -0.39 is 0 Å². The van der Waals surface area contributed by atoms with Gasteiger partial charge in [0.05, 0.1) is 17.4 Å². The molecule has 1 N–H and O–H groups in total. The predicted molar refractivity (Wildman–Crippen MR) is 150 cm³/mol. The molecule has 2 amide bonds. The molecule has 9 heteroatoms. The Bertz CT molecular complexity index is 1260. The van der Waals surface area contributed by atoms with Crippen LogP contribution >= 0.6 is 0 Å². The van der Waals surface area contributed by atoms with E-state index in [9.17, 15) is 9.59 Å². The topological polar surface area (TPSA) is 97.1 Å². The normalized spacial score (nSPS) is 20.9. The summed E-state index contributed by atoms with van der Waals surface area (Å²) < 4.78 is 17.7. The van der Waals surface area contributed by atoms with Crippen molar-refractivity contribution in [3.05, 3.63) is 65.9 Å². The minimum atomic E-state index is -0.187. The Labute approximate surface area is 230 Å². The highest BCUT2D eigenvalue weighted by Crippen LogP contribution is 2.27. The van der Waals surface area contributed by atoms with Gasteiger partial charge in [0, 0.05) is 63.6 Å². The Hall–Kier alpha value is -3.69. The van der Waals surface area contributed by atoms with Crippen LogP contribution in [0, 0.1) is 5.92 Å². The molecule has 208 valence electrons. The van der Waals surface area contributed by atoms with E-state index in [4.69, 9.17) is 14.0 Å². The van der Waals surface area contributed by atoms with Crippen molar-refractivity contribution >= 4 is 17.5 Å². The van der Waals surface area contributed by atoms with E-state index in [0.29, 0.717) is 49.7 Å². The summed E-state index contributed by atoms with van der Waals surface area (Å²) in [7, 11) is 3.44. The van der Waals surface area contributed by atoms with Gasteiger partial charge in [0.25, 0.3) is 5.91 Å². The van der Waals surface area contributed by atoms with Crippen LogP contribution in [0.1, 0.15) is 43.2 Å². The maximum atomic E-state index is 13.5. The van der Waals surface area contributed by atoms with Gasteiger partial charge in [-0.2, -0.15) is 0 Å². The lowest BCUT2D eigenvalue weighted by molar-refractivity contribution is -0.115. The number of hydrogen-bond donors (Lipinski definition) is 1. The Morgan fingerprint density at radius 2 is 1.90 bits per heavy atom. The van der Waals surface area contributed by atoms with E-state index in [1.54, 1.807) is 44.2 Å². The fourth-order valence-electron chi connectivity index (χ4n) is 4.73. The average Bonchev–Trinajstić information content (AvgIpc) is 3.42. The third kappa shape index (κ3) is 7.04. The molecule has 39 heavy (non-hydrogen) atoms. The first-order valence-corrected chi connectivity index (χ1v) is 13.4. The molecule has 9 nitrogen and oxygen atoms in total. The lowest BCUT2D eigenvalue weighted by Gasteiger charge is -2.35. The SMILES string of the molecule is CCC(=O)Nc1ccc2c(c1)C(=O)N(C)C[C@@H](OC)[C@H](C)CN(Cc1cc(-c3ccccc3)on1)[C@H](C)CO2. The lowest BCUT2D eigenvalue weighted by atomic mass is 10.0. The molecule has 2 aromatic carbocycles. The highest BCUT2D eigenvalue weighted by molar-refractivity contribution is 5.99. The molecule has 3 aromatic rings. The smallest absolute Gasteiger partial charge is 0.257 e. The van der Waals surface area contributed by atoms with Crippen molar-refractivity contribution in [1.29, 1.82) is 0 Å². The third-order valence-electron chi connectivity index (χ3n) is 7.16. The number of nitrogens with zero attached hydrogens (tertiary/aromatic N) is 3. The van der Waals surface area contributed by atoms with Gasteiger partial charge in [-0.1, -0.05) is 49.3 Å². The molecule has 0 bridgehead atoms. The molecule has 1 aromatic heterocycles. The van der Waals surface area contributed by atoms with Gasteiger partial charge in [0.15, 0.2) is 5.76 Å². The molecule has 0 aliphatic carbocycles. The van der Waals surface area contributed by atoms with E-state index in [2.05, 4.69) is 29.2 Å². The molecule has 1 aliphatic rings. The van der Waals surface area contributed by atoms with Crippen molar-refractivity contribution in [3.63, 3.8) is 0 Å². The quantitative estimate of drug-likeness (QED) is 0.490. The fraction of sp³-hybridized carbons (Fsp3) is 0.433. The Balaban J connectivity index is 1.61. The van der Waals surface area contributed by atoms with Crippen LogP contribution in [-0.2, 0) is 16.1 Å². The molecule has 0 saturated carbocycles. The van der Waals surface area contributed by atoms with Gasteiger partial charge in [-0.15, -0.1) is 0 Å². The molecule has 3 atom stereocenters. The van der Waals surface area contributed by atoms with Crippen LogP contribution < -0.4 is 10.1 Å². The number of benzene rings is 2. The molecule has 0 radical (unpaired) electrons. The van der Waals surface area contributed by atoms with Gasteiger partial charge in [0.2, 0.25) is 5.91 Å². The summed E-state index contributed by atoms with van der Waals surface area (Å²) in [6.45, 7) is 8.07. The zero-order valence-electron chi connectivity index (χ0n) is 23.3. The van der Waals surface area contributed by atoms with Crippen LogP contribution in [0.25, 0.3) is 11.3 Å². The van der Waals surface area contributed by atoms with Crippen LogP contribution in [0.4, 0.5) is 5.69 Å². The minimum Gasteiger partial charge on any atom is -0.491 e.